The van der Waals surface area contributed by atoms with E-state index in [0.717, 1.165) is 22.3 Å². The van der Waals surface area contributed by atoms with Gasteiger partial charge in [0, 0.05) is 18.4 Å². The number of nitrogens with one attached hydrogen (secondary N) is 2. The predicted molar refractivity (Wildman–Crippen MR) is 130 cm³/mol. The minimum Gasteiger partial charge on any atom is -0.480 e. The van der Waals surface area contributed by atoms with Crippen molar-refractivity contribution >= 4 is 18.2 Å². The van der Waals surface area contributed by atoms with E-state index in [4.69, 9.17) is 9.47 Å². The molecule has 0 heterocycles. The van der Waals surface area contributed by atoms with Crippen LogP contribution in [0.4, 0.5) is 9.59 Å². The molecule has 2 aromatic carbocycles. The molecular weight excluding hydrogens is 448 g/mol. The largest absolute Gasteiger partial charge is 0.480 e. The van der Waals surface area contributed by atoms with Crippen molar-refractivity contribution in [3.05, 3.63) is 71.3 Å². The molecular formula is C27H30N2O6. The number of carboxylic acids is 1. The van der Waals surface area contributed by atoms with Crippen molar-refractivity contribution in [1.29, 1.82) is 0 Å². The lowest BCUT2D eigenvalue weighted by Crippen LogP contribution is -2.41. The molecule has 2 amide bonds. The maximum atomic E-state index is 12.4. The summed E-state index contributed by atoms with van der Waals surface area (Å²) in [7, 11) is 0. The third-order valence-corrected chi connectivity index (χ3v) is 6.46. The van der Waals surface area contributed by atoms with Crippen molar-refractivity contribution in [2.75, 3.05) is 19.8 Å². The summed E-state index contributed by atoms with van der Waals surface area (Å²) in [6.45, 7) is 2.82. The van der Waals surface area contributed by atoms with Crippen molar-refractivity contribution in [2.45, 2.75) is 38.1 Å². The highest BCUT2D eigenvalue weighted by atomic mass is 16.6. The van der Waals surface area contributed by atoms with Gasteiger partial charge in [0.2, 0.25) is 0 Å². The van der Waals surface area contributed by atoms with Gasteiger partial charge in [0.05, 0.1) is 0 Å². The summed E-state index contributed by atoms with van der Waals surface area (Å²) in [5.74, 6) is -0.957. The second kappa shape index (κ2) is 11.1. The van der Waals surface area contributed by atoms with Crippen molar-refractivity contribution in [3.8, 4) is 11.1 Å². The van der Waals surface area contributed by atoms with Crippen LogP contribution in [0.5, 0.6) is 0 Å². The number of carbonyl (C=O) groups is 3. The maximum absolute atomic E-state index is 12.4. The van der Waals surface area contributed by atoms with Crippen LogP contribution in [-0.4, -0.2) is 49.1 Å². The molecule has 2 aliphatic carbocycles. The van der Waals surface area contributed by atoms with Gasteiger partial charge in [-0.15, -0.1) is 0 Å². The Morgan fingerprint density at radius 1 is 0.914 bits per heavy atom. The van der Waals surface area contributed by atoms with Crippen molar-refractivity contribution in [3.63, 3.8) is 0 Å². The molecule has 0 spiro atoms. The number of rotatable bonds is 11. The minimum atomic E-state index is -1.13. The van der Waals surface area contributed by atoms with Crippen LogP contribution in [0, 0.1) is 5.92 Å². The molecule has 4 rings (SSSR count). The summed E-state index contributed by atoms with van der Waals surface area (Å²) in [5, 5.41) is 14.6. The van der Waals surface area contributed by atoms with Gasteiger partial charge < -0.3 is 25.2 Å². The first-order valence-corrected chi connectivity index (χ1v) is 11.9. The first kappa shape index (κ1) is 24.3. The van der Waals surface area contributed by atoms with Crippen LogP contribution in [0.25, 0.3) is 11.1 Å². The SMILES string of the molecule is CC1=CC1COC(=O)NCCCC[C@H](NC(=O)OCC1c2ccccc2-c2ccccc21)C(=O)O. The molecule has 1 unspecified atom stereocenters. The van der Waals surface area contributed by atoms with Gasteiger partial charge in [-0.1, -0.05) is 60.2 Å². The molecule has 0 fully saturated rings. The Morgan fingerprint density at radius 3 is 2.11 bits per heavy atom. The molecule has 0 aliphatic heterocycles. The molecule has 0 saturated heterocycles. The van der Waals surface area contributed by atoms with Crippen LogP contribution < -0.4 is 10.6 Å². The second-order valence-corrected chi connectivity index (χ2v) is 8.90. The van der Waals surface area contributed by atoms with E-state index in [1.807, 2.05) is 49.4 Å². The van der Waals surface area contributed by atoms with Crippen LogP contribution >= 0.6 is 0 Å². The summed E-state index contributed by atoms with van der Waals surface area (Å²) in [6, 6.07) is 15.0. The van der Waals surface area contributed by atoms with Crippen molar-refractivity contribution in [2.24, 2.45) is 5.92 Å². The van der Waals surface area contributed by atoms with Crippen LogP contribution in [-0.2, 0) is 14.3 Å². The number of aliphatic carboxylic acids is 1. The lowest BCUT2D eigenvalue weighted by molar-refractivity contribution is -0.139. The molecule has 2 aliphatic rings. The van der Waals surface area contributed by atoms with Gasteiger partial charge in [-0.3, -0.25) is 0 Å². The van der Waals surface area contributed by atoms with Crippen LogP contribution in [0.2, 0.25) is 0 Å². The van der Waals surface area contributed by atoms with E-state index < -0.39 is 24.2 Å². The van der Waals surface area contributed by atoms with Gasteiger partial charge in [0.15, 0.2) is 0 Å². The molecule has 2 aromatic rings. The van der Waals surface area contributed by atoms with E-state index in [0.29, 0.717) is 26.0 Å². The zero-order valence-corrected chi connectivity index (χ0v) is 19.7. The lowest BCUT2D eigenvalue weighted by Gasteiger charge is -2.17. The van der Waals surface area contributed by atoms with Gasteiger partial charge in [0.25, 0.3) is 0 Å². The molecule has 0 radical (unpaired) electrons. The van der Waals surface area contributed by atoms with Crippen molar-refractivity contribution in [1.82, 2.24) is 10.6 Å². The van der Waals surface area contributed by atoms with Gasteiger partial charge in [-0.25, -0.2) is 14.4 Å². The standard InChI is InChI=1S/C27H30N2O6/c1-17-14-18(17)15-34-26(32)28-13-7-6-12-24(25(30)31)29-27(33)35-16-23-21-10-4-2-8-19(21)20-9-3-5-11-22(20)23/h2-5,8-11,14,18,23-24H,6-7,12-13,15-16H2,1H3,(H,28,32)(H,29,33)(H,30,31)/t18?,24-/m0/s1. The molecule has 0 bridgehead atoms. The fourth-order valence-corrected chi connectivity index (χ4v) is 4.37. The van der Waals surface area contributed by atoms with Gasteiger partial charge >= 0.3 is 18.2 Å². The Kier molecular flexibility index (Phi) is 7.70. The zero-order valence-electron chi connectivity index (χ0n) is 19.7. The quantitative estimate of drug-likeness (QED) is 0.325. The third kappa shape index (κ3) is 6.20. The highest BCUT2D eigenvalue weighted by Gasteiger charge is 2.29. The molecule has 35 heavy (non-hydrogen) atoms. The summed E-state index contributed by atoms with van der Waals surface area (Å²) in [4.78, 5) is 35.7. The Hall–Kier alpha value is -3.81. The molecule has 0 saturated carbocycles. The topological polar surface area (TPSA) is 114 Å². The Balaban J connectivity index is 1.19. The van der Waals surface area contributed by atoms with E-state index in [2.05, 4.69) is 22.8 Å². The average Bonchev–Trinajstić information content (AvgIpc) is 3.47. The summed E-state index contributed by atoms with van der Waals surface area (Å²) in [5.41, 5.74) is 5.65. The normalized spacial score (nSPS) is 16.4. The van der Waals surface area contributed by atoms with Crippen molar-refractivity contribution < 1.29 is 29.0 Å². The smallest absolute Gasteiger partial charge is 0.407 e. The highest BCUT2D eigenvalue weighted by molar-refractivity contribution is 5.81. The average molecular weight is 479 g/mol. The number of hydrogen-bond acceptors (Lipinski definition) is 5. The number of carboxylic acid groups (broad SMARTS) is 1. The predicted octanol–water partition coefficient (Wildman–Crippen LogP) is 4.45. The molecule has 3 N–H and O–H groups in total. The molecule has 0 aromatic heterocycles. The van der Waals surface area contributed by atoms with Gasteiger partial charge in [-0.2, -0.15) is 0 Å². The Morgan fingerprint density at radius 2 is 1.51 bits per heavy atom. The number of carbonyl (C=O) groups excluding carboxylic acids is 2. The number of ether oxygens (including phenoxy) is 2. The molecule has 2 atom stereocenters. The number of benzene rings is 2. The number of amides is 2. The Labute approximate surface area is 204 Å². The van der Waals surface area contributed by atoms with Crippen LogP contribution in [0.3, 0.4) is 0 Å². The molecule has 184 valence electrons. The summed E-state index contributed by atoms with van der Waals surface area (Å²) < 4.78 is 10.5. The number of unbranched alkanes of at least 4 members (excludes halogenated alkanes) is 1. The highest BCUT2D eigenvalue weighted by Crippen LogP contribution is 2.44. The minimum absolute atomic E-state index is 0.0955. The van der Waals surface area contributed by atoms with E-state index in [-0.39, 0.29) is 24.9 Å². The number of hydrogen-bond donors (Lipinski definition) is 3. The second-order valence-electron chi connectivity index (χ2n) is 8.90. The van der Waals surface area contributed by atoms with E-state index in [9.17, 15) is 19.5 Å². The number of fused-ring (bicyclic) bond motifs is 3. The molecule has 8 nitrogen and oxygen atoms in total. The van der Waals surface area contributed by atoms with Gasteiger partial charge in [0.1, 0.15) is 19.3 Å². The molecule has 8 heteroatoms. The summed E-state index contributed by atoms with van der Waals surface area (Å²) in [6.07, 6.45) is 2.08. The first-order valence-electron chi connectivity index (χ1n) is 11.9. The first-order chi connectivity index (χ1) is 16.9. The number of alkyl carbamates (subject to hydrolysis) is 2. The lowest BCUT2D eigenvalue weighted by atomic mass is 9.98. The fourth-order valence-electron chi connectivity index (χ4n) is 4.37. The Bertz CT molecular complexity index is 1080. The fraction of sp³-hybridized carbons (Fsp3) is 0.370. The van der Waals surface area contributed by atoms with E-state index in [1.165, 1.54) is 5.57 Å². The monoisotopic (exact) mass is 478 g/mol. The summed E-state index contributed by atoms with van der Waals surface area (Å²) >= 11 is 0. The van der Waals surface area contributed by atoms with E-state index >= 15 is 0 Å². The van der Waals surface area contributed by atoms with Crippen LogP contribution in [0.1, 0.15) is 43.2 Å². The third-order valence-electron chi connectivity index (χ3n) is 6.46. The maximum Gasteiger partial charge on any atom is 0.407 e. The van der Waals surface area contributed by atoms with E-state index in [1.54, 1.807) is 0 Å². The van der Waals surface area contributed by atoms with Crippen LogP contribution in [0.15, 0.2) is 60.2 Å². The van der Waals surface area contributed by atoms with Gasteiger partial charge in [-0.05, 0) is 48.4 Å². The zero-order chi connectivity index (χ0) is 24.8.